The van der Waals surface area contributed by atoms with Gasteiger partial charge in [0.2, 0.25) is 5.91 Å². The highest BCUT2D eigenvalue weighted by atomic mass is 35.5. The fourth-order valence-electron chi connectivity index (χ4n) is 4.99. The molecule has 0 saturated carbocycles. The van der Waals surface area contributed by atoms with Crippen LogP contribution in [0.1, 0.15) is 60.7 Å². The number of nitrogens with zero attached hydrogens (tertiary/aromatic N) is 4. The van der Waals surface area contributed by atoms with Crippen molar-refractivity contribution in [3.05, 3.63) is 70.6 Å². The first-order chi connectivity index (χ1) is 20.6. The Bertz CT molecular complexity index is 1690. The van der Waals surface area contributed by atoms with Crippen LogP contribution in [-0.4, -0.2) is 50.0 Å². The number of imidazole rings is 1. The number of ether oxygens (including phenoxy) is 1. The van der Waals surface area contributed by atoms with Gasteiger partial charge in [-0.05, 0) is 49.6 Å². The summed E-state index contributed by atoms with van der Waals surface area (Å²) in [5, 5.41) is 16.5. The summed E-state index contributed by atoms with van der Waals surface area (Å²) >= 11 is 5.93. The number of fused-ring (bicyclic) bond motifs is 4. The second-order valence-corrected chi connectivity index (χ2v) is 10.8. The summed E-state index contributed by atoms with van der Waals surface area (Å²) in [5.74, 6) is -0.757. The lowest BCUT2D eigenvalue weighted by atomic mass is 9.97. The smallest absolute Gasteiger partial charge is 0.411 e. The Morgan fingerprint density at radius 1 is 1.21 bits per heavy atom. The molecule has 3 heterocycles. The van der Waals surface area contributed by atoms with Crippen molar-refractivity contribution in [2.75, 3.05) is 17.7 Å². The molecule has 43 heavy (non-hydrogen) atoms. The minimum atomic E-state index is -0.668. The van der Waals surface area contributed by atoms with E-state index < -0.39 is 23.9 Å². The lowest BCUT2D eigenvalue weighted by molar-refractivity contribution is -0.117. The first-order valence-electron chi connectivity index (χ1n) is 13.7. The summed E-state index contributed by atoms with van der Waals surface area (Å²) in [4.78, 5) is 46.0. The standard InChI is InChI=1S/C29H30ClFN8O4/c1-15-6-4-8-20(36-28(41)26-16(2)39(38-37-26)23-9-5-7-19(30)25(23)31)27-32-14-22(35-27)18-11-10-17(33-29(42)43-3)13-21(18)34-24(40)12-15/h5,7,9-11,13-15,20H,4,6,8,12H2,1-3H3,(H,32,35)(H,33,42)(H,34,40)(H,36,41)/t15-,20+/m1/s1. The van der Waals surface area contributed by atoms with Crippen molar-refractivity contribution in [3.8, 4) is 16.9 Å². The van der Waals surface area contributed by atoms with E-state index in [1.807, 2.05) is 6.92 Å². The molecule has 2 aromatic heterocycles. The van der Waals surface area contributed by atoms with Crippen LogP contribution in [0.2, 0.25) is 5.02 Å². The monoisotopic (exact) mass is 608 g/mol. The van der Waals surface area contributed by atoms with Crippen LogP contribution in [0.15, 0.2) is 42.6 Å². The number of hydrogen-bond acceptors (Lipinski definition) is 7. The summed E-state index contributed by atoms with van der Waals surface area (Å²) in [6.45, 7) is 3.61. The lowest BCUT2D eigenvalue weighted by Gasteiger charge is -2.18. The summed E-state index contributed by atoms with van der Waals surface area (Å²) in [5.41, 5.74) is 2.50. The second kappa shape index (κ2) is 12.6. The number of halogens is 2. The van der Waals surface area contributed by atoms with Crippen molar-refractivity contribution >= 4 is 40.9 Å². The quantitative estimate of drug-likeness (QED) is 0.236. The normalized spacial score (nSPS) is 17.0. The van der Waals surface area contributed by atoms with Crippen molar-refractivity contribution in [1.82, 2.24) is 30.3 Å². The predicted molar refractivity (Wildman–Crippen MR) is 158 cm³/mol. The van der Waals surface area contributed by atoms with Gasteiger partial charge in [-0.2, -0.15) is 0 Å². The van der Waals surface area contributed by atoms with Gasteiger partial charge in [0.15, 0.2) is 11.5 Å². The number of H-pyrrole nitrogens is 1. The Morgan fingerprint density at radius 3 is 2.81 bits per heavy atom. The summed E-state index contributed by atoms with van der Waals surface area (Å²) in [6.07, 6.45) is 3.31. The number of anilines is 2. The molecule has 14 heteroatoms. The van der Waals surface area contributed by atoms with Gasteiger partial charge in [0, 0.05) is 23.9 Å². The van der Waals surface area contributed by atoms with Crippen LogP contribution in [0, 0.1) is 18.7 Å². The molecule has 2 bridgehead atoms. The summed E-state index contributed by atoms with van der Waals surface area (Å²) in [6, 6.07) is 9.02. The Hall–Kier alpha value is -4.78. The molecule has 0 aliphatic carbocycles. The van der Waals surface area contributed by atoms with Gasteiger partial charge in [-0.15, -0.1) is 5.10 Å². The van der Waals surface area contributed by atoms with Crippen molar-refractivity contribution in [3.63, 3.8) is 0 Å². The van der Waals surface area contributed by atoms with E-state index in [4.69, 9.17) is 16.6 Å². The molecule has 4 aromatic rings. The first-order valence-corrected chi connectivity index (χ1v) is 14.0. The highest BCUT2D eigenvalue weighted by Crippen LogP contribution is 2.32. The van der Waals surface area contributed by atoms with Gasteiger partial charge in [-0.3, -0.25) is 14.9 Å². The van der Waals surface area contributed by atoms with Crippen LogP contribution in [-0.2, 0) is 9.53 Å². The van der Waals surface area contributed by atoms with E-state index in [2.05, 4.69) is 36.0 Å². The van der Waals surface area contributed by atoms with Crippen LogP contribution >= 0.6 is 11.6 Å². The van der Waals surface area contributed by atoms with Gasteiger partial charge in [-0.1, -0.05) is 42.6 Å². The molecule has 1 aliphatic heterocycles. The number of methoxy groups -OCH3 is 1. The molecule has 0 spiro atoms. The van der Waals surface area contributed by atoms with E-state index in [0.717, 1.165) is 6.42 Å². The van der Waals surface area contributed by atoms with Gasteiger partial charge in [0.05, 0.1) is 35.2 Å². The van der Waals surface area contributed by atoms with Crippen molar-refractivity contribution in [1.29, 1.82) is 0 Å². The Balaban J connectivity index is 1.45. The van der Waals surface area contributed by atoms with Crippen molar-refractivity contribution < 1.29 is 23.5 Å². The minimum absolute atomic E-state index is 0.0354. The maximum absolute atomic E-state index is 14.7. The average Bonchev–Trinajstić information content (AvgIpc) is 3.61. The Morgan fingerprint density at radius 2 is 2.02 bits per heavy atom. The van der Waals surface area contributed by atoms with E-state index in [-0.39, 0.29) is 28.2 Å². The molecule has 224 valence electrons. The predicted octanol–water partition coefficient (Wildman–Crippen LogP) is 5.56. The van der Waals surface area contributed by atoms with Crippen LogP contribution in [0.4, 0.5) is 20.6 Å². The fraction of sp³-hybridized carbons (Fsp3) is 0.310. The number of aromatic amines is 1. The van der Waals surface area contributed by atoms with Crippen molar-refractivity contribution in [2.24, 2.45) is 5.92 Å². The molecule has 0 saturated heterocycles. The highest BCUT2D eigenvalue weighted by Gasteiger charge is 2.26. The van der Waals surface area contributed by atoms with E-state index in [0.29, 0.717) is 53.4 Å². The second-order valence-electron chi connectivity index (χ2n) is 10.4. The number of aromatic nitrogens is 5. The SMILES string of the molecule is COC(=O)Nc1ccc2c(c1)NC(=O)C[C@H](C)CCC[C@H](NC(=O)c1nnn(-c3cccc(Cl)c3F)c1C)c1nc-2c[nH]1. The zero-order valence-electron chi connectivity index (χ0n) is 23.7. The van der Waals surface area contributed by atoms with Gasteiger partial charge in [0.1, 0.15) is 11.5 Å². The van der Waals surface area contributed by atoms with Crippen LogP contribution in [0.5, 0.6) is 0 Å². The molecule has 12 nitrogen and oxygen atoms in total. The maximum Gasteiger partial charge on any atom is 0.411 e. The van der Waals surface area contributed by atoms with Crippen LogP contribution in [0.3, 0.4) is 0 Å². The fourth-order valence-corrected chi connectivity index (χ4v) is 5.16. The minimum Gasteiger partial charge on any atom is -0.453 e. The number of carbonyl (C=O) groups is 3. The molecule has 0 radical (unpaired) electrons. The topological polar surface area (TPSA) is 156 Å². The van der Waals surface area contributed by atoms with Crippen molar-refractivity contribution in [2.45, 2.75) is 45.6 Å². The summed E-state index contributed by atoms with van der Waals surface area (Å²) in [7, 11) is 1.26. The molecule has 3 amide bonds. The highest BCUT2D eigenvalue weighted by molar-refractivity contribution is 6.30. The molecule has 0 fully saturated rings. The summed E-state index contributed by atoms with van der Waals surface area (Å²) < 4.78 is 20.6. The molecule has 2 aromatic carbocycles. The maximum atomic E-state index is 14.7. The zero-order chi connectivity index (χ0) is 30.7. The van der Waals surface area contributed by atoms with E-state index in [1.54, 1.807) is 37.4 Å². The largest absolute Gasteiger partial charge is 0.453 e. The van der Waals surface area contributed by atoms with Gasteiger partial charge >= 0.3 is 6.09 Å². The van der Waals surface area contributed by atoms with E-state index in [1.165, 1.54) is 23.9 Å². The van der Waals surface area contributed by atoms with E-state index in [9.17, 15) is 18.8 Å². The lowest BCUT2D eigenvalue weighted by Crippen LogP contribution is -2.30. The molecule has 2 atom stereocenters. The van der Waals surface area contributed by atoms with Gasteiger partial charge < -0.3 is 20.4 Å². The molecule has 0 unspecified atom stereocenters. The molecule has 5 rings (SSSR count). The molecule has 4 N–H and O–H groups in total. The van der Waals surface area contributed by atoms with E-state index >= 15 is 0 Å². The number of amides is 3. The third kappa shape index (κ3) is 6.51. The molecule has 1 aliphatic rings. The van der Waals surface area contributed by atoms with Gasteiger partial charge in [-0.25, -0.2) is 18.9 Å². The first kappa shape index (κ1) is 29.7. The number of nitrogens with one attached hydrogen (secondary N) is 4. The van der Waals surface area contributed by atoms with Gasteiger partial charge in [0.25, 0.3) is 5.91 Å². The number of rotatable bonds is 4. The zero-order valence-corrected chi connectivity index (χ0v) is 24.5. The van der Waals surface area contributed by atoms with Crippen LogP contribution < -0.4 is 16.0 Å². The third-order valence-electron chi connectivity index (χ3n) is 7.23. The Labute approximate surface area is 251 Å². The third-order valence-corrected chi connectivity index (χ3v) is 7.52. The number of benzene rings is 2. The molecular formula is C29H30ClFN8O4. The number of hydrogen-bond donors (Lipinski definition) is 4. The number of carbonyl (C=O) groups excluding carboxylic acids is 3. The Kier molecular flexibility index (Phi) is 8.71. The van der Waals surface area contributed by atoms with Crippen LogP contribution in [0.25, 0.3) is 16.9 Å². The average molecular weight is 609 g/mol. The molecular weight excluding hydrogens is 579 g/mol.